The summed E-state index contributed by atoms with van der Waals surface area (Å²) in [6.45, 7) is 5.68. The lowest BCUT2D eigenvalue weighted by Gasteiger charge is -2.23. The number of hydrogen-bond acceptors (Lipinski definition) is 5. The summed E-state index contributed by atoms with van der Waals surface area (Å²) < 4.78 is 2.04. The quantitative estimate of drug-likeness (QED) is 0.900. The van der Waals surface area contributed by atoms with Gasteiger partial charge in [0.1, 0.15) is 5.82 Å². The van der Waals surface area contributed by atoms with Gasteiger partial charge in [0.25, 0.3) is 0 Å². The van der Waals surface area contributed by atoms with Crippen molar-refractivity contribution in [2.24, 2.45) is 0 Å². The van der Waals surface area contributed by atoms with Gasteiger partial charge in [-0.3, -0.25) is 9.97 Å². The molecule has 0 radical (unpaired) electrons. The van der Waals surface area contributed by atoms with Crippen molar-refractivity contribution >= 4 is 0 Å². The van der Waals surface area contributed by atoms with Gasteiger partial charge in [0, 0.05) is 37.8 Å². The van der Waals surface area contributed by atoms with E-state index in [0.717, 1.165) is 55.4 Å². The number of rotatable bonds is 4. The fourth-order valence-corrected chi connectivity index (χ4v) is 2.44. The molecule has 0 fully saturated rings. The number of nitrogens with zero attached hydrogens (tertiary/aromatic N) is 5. The average molecular weight is 272 g/mol. The van der Waals surface area contributed by atoms with E-state index in [1.807, 2.05) is 17.8 Å². The van der Waals surface area contributed by atoms with Gasteiger partial charge in [-0.15, -0.1) is 0 Å². The molecule has 3 heterocycles. The molecule has 0 aromatic carbocycles. The highest BCUT2D eigenvalue weighted by Crippen LogP contribution is 2.13. The molecule has 0 bridgehead atoms. The summed E-state index contributed by atoms with van der Waals surface area (Å²) in [5.41, 5.74) is 1.93. The van der Waals surface area contributed by atoms with Gasteiger partial charge in [-0.05, 0) is 13.3 Å². The molecule has 0 spiro atoms. The molecule has 1 unspecified atom stereocenters. The smallest absolute Gasteiger partial charge is 0.150 e. The Labute approximate surface area is 118 Å². The SMILES string of the molecule is CCc1nc2n(n1)CC(NCc1cnc(C)cn1)CC2. The van der Waals surface area contributed by atoms with Crippen LogP contribution in [0.2, 0.25) is 0 Å². The first-order valence-corrected chi connectivity index (χ1v) is 7.18. The van der Waals surface area contributed by atoms with Gasteiger partial charge < -0.3 is 5.32 Å². The lowest BCUT2D eigenvalue weighted by Crippen LogP contribution is -2.37. The Balaban J connectivity index is 1.58. The van der Waals surface area contributed by atoms with Crippen molar-refractivity contribution in [3.63, 3.8) is 0 Å². The molecule has 6 nitrogen and oxygen atoms in total. The fraction of sp³-hybridized carbons (Fsp3) is 0.571. The minimum atomic E-state index is 0.428. The van der Waals surface area contributed by atoms with E-state index in [4.69, 9.17) is 0 Å². The third-order valence-electron chi connectivity index (χ3n) is 3.62. The summed E-state index contributed by atoms with van der Waals surface area (Å²) in [5.74, 6) is 2.07. The molecule has 0 saturated heterocycles. The number of aromatic nitrogens is 5. The number of fused-ring (bicyclic) bond motifs is 1. The van der Waals surface area contributed by atoms with Crippen LogP contribution in [-0.2, 0) is 25.9 Å². The molecule has 6 heteroatoms. The maximum atomic E-state index is 4.53. The van der Waals surface area contributed by atoms with Crippen LogP contribution in [0.4, 0.5) is 0 Å². The minimum Gasteiger partial charge on any atom is -0.306 e. The van der Waals surface area contributed by atoms with Crippen LogP contribution >= 0.6 is 0 Å². The Morgan fingerprint density at radius 3 is 3.00 bits per heavy atom. The molecule has 1 aliphatic heterocycles. The Morgan fingerprint density at radius 1 is 1.35 bits per heavy atom. The molecule has 0 aliphatic carbocycles. The number of hydrogen-bond donors (Lipinski definition) is 1. The van der Waals surface area contributed by atoms with Crippen molar-refractivity contribution in [1.29, 1.82) is 0 Å². The zero-order valence-electron chi connectivity index (χ0n) is 12.0. The first-order chi connectivity index (χ1) is 9.74. The predicted molar refractivity (Wildman–Crippen MR) is 75.1 cm³/mol. The second-order valence-electron chi connectivity index (χ2n) is 5.25. The van der Waals surface area contributed by atoms with Gasteiger partial charge >= 0.3 is 0 Å². The summed E-state index contributed by atoms with van der Waals surface area (Å²) in [5, 5.41) is 8.06. The van der Waals surface area contributed by atoms with E-state index in [1.165, 1.54) is 0 Å². The molecule has 2 aromatic heterocycles. The highest BCUT2D eigenvalue weighted by Gasteiger charge is 2.20. The minimum absolute atomic E-state index is 0.428. The van der Waals surface area contributed by atoms with Crippen molar-refractivity contribution in [3.8, 4) is 0 Å². The van der Waals surface area contributed by atoms with Crippen LogP contribution in [0.15, 0.2) is 12.4 Å². The monoisotopic (exact) mass is 272 g/mol. The van der Waals surface area contributed by atoms with E-state index < -0.39 is 0 Å². The summed E-state index contributed by atoms with van der Waals surface area (Å²) >= 11 is 0. The van der Waals surface area contributed by atoms with Gasteiger partial charge in [-0.2, -0.15) is 5.10 Å². The standard InChI is InChI=1S/C14H20N6/c1-3-13-18-14-5-4-11(9-20(14)19-13)17-8-12-7-15-10(2)6-16-12/h6-7,11,17H,3-5,8-9H2,1-2H3. The van der Waals surface area contributed by atoms with Gasteiger partial charge in [-0.1, -0.05) is 6.92 Å². The summed E-state index contributed by atoms with van der Waals surface area (Å²) in [4.78, 5) is 13.2. The van der Waals surface area contributed by atoms with Crippen LogP contribution in [0.1, 0.15) is 36.4 Å². The van der Waals surface area contributed by atoms with Crippen molar-refractivity contribution in [3.05, 3.63) is 35.4 Å². The summed E-state index contributed by atoms with van der Waals surface area (Å²) in [6, 6.07) is 0.428. The normalized spacial score (nSPS) is 18.0. The Morgan fingerprint density at radius 2 is 2.25 bits per heavy atom. The zero-order valence-corrected chi connectivity index (χ0v) is 12.0. The number of aryl methyl sites for hydroxylation is 3. The lowest BCUT2D eigenvalue weighted by molar-refractivity contribution is 0.356. The van der Waals surface area contributed by atoms with E-state index in [1.54, 1.807) is 6.20 Å². The highest BCUT2D eigenvalue weighted by atomic mass is 15.4. The maximum Gasteiger partial charge on any atom is 0.150 e. The molecular formula is C14H20N6. The van der Waals surface area contributed by atoms with Crippen molar-refractivity contribution in [2.45, 2.75) is 52.2 Å². The van der Waals surface area contributed by atoms with E-state index >= 15 is 0 Å². The highest BCUT2D eigenvalue weighted by molar-refractivity contribution is 5.02. The van der Waals surface area contributed by atoms with Crippen LogP contribution in [-0.4, -0.2) is 30.8 Å². The first-order valence-electron chi connectivity index (χ1n) is 7.18. The summed E-state index contributed by atoms with van der Waals surface area (Å²) in [6.07, 6.45) is 6.63. The molecule has 1 atom stereocenters. The second kappa shape index (κ2) is 5.66. The largest absolute Gasteiger partial charge is 0.306 e. The number of nitrogens with one attached hydrogen (secondary N) is 1. The molecule has 2 aromatic rings. The van der Waals surface area contributed by atoms with Crippen LogP contribution in [0.5, 0.6) is 0 Å². The lowest BCUT2D eigenvalue weighted by atomic mass is 10.1. The fourth-order valence-electron chi connectivity index (χ4n) is 2.44. The maximum absolute atomic E-state index is 4.53. The molecule has 1 N–H and O–H groups in total. The zero-order chi connectivity index (χ0) is 13.9. The van der Waals surface area contributed by atoms with Crippen LogP contribution < -0.4 is 5.32 Å². The Bertz CT molecular complexity index is 574. The Kier molecular flexibility index (Phi) is 3.73. The van der Waals surface area contributed by atoms with E-state index in [0.29, 0.717) is 6.04 Å². The van der Waals surface area contributed by atoms with Crippen LogP contribution in [0.3, 0.4) is 0 Å². The third-order valence-corrected chi connectivity index (χ3v) is 3.62. The third kappa shape index (κ3) is 2.85. The molecule has 0 saturated carbocycles. The van der Waals surface area contributed by atoms with Crippen molar-refractivity contribution in [1.82, 2.24) is 30.0 Å². The molecule has 0 amide bonds. The molecule has 1 aliphatic rings. The van der Waals surface area contributed by atoms with Gasteiger partial charge in [0.15, 0.2) is 5.82 Å². The van der Waals surface area contributed by atoms with E-state index in [9.17, 15) is 0 Å². The molecular weight excluding hydrogens is 252 g/mol. The molecule has 3 rings (SSSR count). The topological polar surface area (TPSA) is 68.5 Å². The van der Waals surface area contributed by atoms with Crippen molar-refractivity contribution < 1.29 is 0 Å². The van der Waals surface area contributed by atoms with Gasteiger partial charge in [-0.25, -0.2) is 9.67 Å². The van der Waals surface area contributed by atoms with Gasteiger partial charge in [0.05, 0.1) is 17.9 Å². The first kappa shape index (κ1) is 13.2. The van der Waals surface area contributed by atoms with Crippen molar-refractivity contribution in [2.75, 3.05) is 0 Å². The second-order valence-corrected chi connectivity index (χ2v) is 5.25. The van der Waals surface area contributed by atoms with Crippen LogP contribution in [0, 0.1) is 6.92 Å². The van der Waals surface area contributed by atoms with Gasteiger partial charge in [0.2, 0.25) is 0 Å². The average Bonchev–Trinajstić information content (AvgIpc) is 2.89. The van der Waals surface area contributed by atoms with E-state index in [-0.39, 0.29) is 0 Å². The molecule has 20 heavy (non-hydrogen) atoms. The summed E-state index contributed by atoms with van der Waals surface area (Å²) in [7, 11) is 0. The van der Waals surface area contributed by atoms with E-state index in [2.05, 4.69) is 32.3 Å². The molecule has 106 valence electrons. The predicted octanol–water partition coefficient (Wildman–Crippen LogP) is 1.04. The van der Waals surface area contributed by atoms with Crippen LogP contribution in [0.25, 0.3) is 0 Å². The Hall–Kier alpha value is -1.82.